The topological polar surface area (TPSA) is 82.5 Å². The summed E-state index contributed by atoms with van der Waals surface area (Å²) in [5.74, 6) is -0.196. The molecule has 1 unspecified atom stereocenters. The quantitative estimate of drug-likeness (QED) is 0.852. The minimum absolute atomic E-state index is 0.0501. The molecule has 108 valence electrons. The number of aliphatic hydroxyl groups is 1. The molecule has 0 aromatic carbocycles. The van der Waals surface area contributed by atoms with E-state index in [1.165, 1.54) is 4.90 Å². The number of hydrogen-bond acceptors (Lipinski definition) is 4. The van der Waals surface area contributed by atoms with Gasteiger partial charge >= 0.3 is 0 Å². The van der Waals surface area contributed by atoms with Crippen LogP contribution in [-0.2, 0) is 9.59 Å². The normalized spacial score (nSPS) is 19.6. The van der Waals surface area contributed by atoms with Gasteiger partial charge in [-0.15, -0.1) is 0 Å². The van der Waals surface area contributed by atoms with Crippen LogP contribution < -0.4 is 5.32 Å². The lowest BCUT2D eigenvalue weighted by molar-refractivity contribution is -0.141. The average molecular weight is 277 g/mol. The molecule has 1 aliphatic heterocycles. The van der Waals surface area contributed by atoms with Gasteiger partial charge in [-0.05, 0) is 38.3 Å². The van der Waals surface area contributed by atoms with E-state index in [4.69, 9.17) is 0 Å². The fraction of sp³-hybridized carbons (Fsp3) is 0.500. The van der Waals surface area contributed by atoms with Crippen molar-refractivity contribution in [2.45, 2.75) is 32.3 Å². The van der Waals surface area contributed by atoms with Crippen molar-refractivity contribution in [2.24, 2.45) is 0 Å². The molecule has 0 bridgehead atoms. The molecule has 0 aliphatic carbocycles. The Bertz CT molecular complexity index is 504. The molecule has 1 atom stereocenters. The first-order chi connectivity index (χ1) is 9.56. The molecular weight excluding hydrogens is 258 g/mol. The molecule has 0 radical (unpaired) electrons. The number of anilines is 1. The highest BCUT2D eigenvalue weighted by Gasteiger charge is 2.26. The first-order valence-corrected chi connectivity index (χ1v) is 6.76. The number of nitrogens with one attached hydrogen (secondary N) is 1. The maximum absolute atomic E-state index is 11.9. The zero-order valence-electron chi connectivity index (χ0n) is 11.5. The van der Waals surface area contributed by atoms with Crippen LogP contribution in [0.25, 0.3) is 0 Å². The first-order valence-electron chi connectivity index (χ1n) is 6.76. The van der Waals surface area contributed by atoms with Crippen molar-refractivity contribution in [2.75, 3.05) is 18.4 Å². The third-order valence-electron chi connectivity index (χ3n) is 3.24. The summed E-state index contributed by atoms with van der Waals surface area (Å²) in [7, 11) is 0. The van der Waals surface area contributed by atoms with Crippen LogP contribution in [0.15, 0.2) is 18.2 Å². The Morgan fingerprint density at radius 2 is 2.30 bits per heavy atom. The number of likely N-dealkylation sites (tertiary alicyclic amines) is 1. The maximum atomic E-state index is 11.9. The van der Waals surface area contributed by atoms with E-state index in [0.29, 0.717) is 18.8 Å². The second kappa shape index (κ2) is 6.47. The number of amides is 2. The van der Waals surface area contributed by atoms with Crippen molar-refractivity contribution >= 4 is 17.6 Å². The number of aryl methyl sites for hydroxylation is 1. The number of aromatic nitrogens is 1. The van der Waals surface area contributed by atoms with Crippen molar-refractivity contribution in [3.05, 3.63) is 23.9 Å². The summed E-state index contributed by atoms with van der Waals surface area (Å²) in [5.41, 5.74) is 0.809. The second-order valence-corrected chi connectivity index (χ2v) is 4.98. The summed E-state index contributed by atoms with van der Waals surface area (Å²) in [6, 6.07) is 5.34. The van der Waals surface area contributed by atoms with Crippen molar-refractivity contribution in [3.63, 3.8) is 0 Å². The molecule has 1 aromatic heterocycles. The van der Waals surface area contributed by atoms with Gasteiger partial charge in [-0.3, -0.25) is 9.59 Å². The fourth-order valence-electron chi connectivity index (χ4n) is 2.21. The molecule has 2 rings (SSSR count). The highest BCUT2D eigenvalue weighted by molar-refractivity contribution is 5.94. The zero-order valence-corrected chi connectivity index (χ0v) is 11.5. The Morgan fingerprint density at radius 3 is 3.05 bits per heavy atom. The number of carbonyl (C=O) groups excluding carboxylic acids is 2. The predicted octanol–water partition coefficient (Wildman–Crippen LogP) is 0.702. The van der Waals surface area contributed by atoms with Crippen LogP contribution in [0.2, 0.25) is 0 Å². The van der Waals surface area contributed by atoms with Crippen molar-refractivity contribution < 1.29 is 14.7 Å². The second-order valence-electron chi connectivity index (χ2n) is 4.98. The van der Waals surface area contributed by atoms with Crippen LogP contribution in [0.3, 0.4) is 0 Å². The average Bonchev–Trinajstić information content (AvgIpc) is 2.54. The highest BCUT2D eigenvalue weighted by atomic mass is 16.3. The Morgan fingerprint density at radius 1 is 1.50 bits per heavy atom. The van der Waals surface area contributed by atoms with Crippen LogP contribution in [0.5, 0.6) is 0 Å². The van der Waals surface area contributed by atoms with Gasteiger partial charge in [-0.1, -0.05) is 6.07 Å². The Kier molecular flexibility index (Phi) is 4.68. The molecule has 6 heteroatoms. The van der Waals surface area contributed by atoms with Gasteiger partial charge in [0.05, 0.1) is 6.54 Å². The zero-order chi connectivity index (χ0) is 14.5. The molecule has 20 heavy (non-hydrogen) atoms. The molecular formula is C14H19N3O3. The Labute approximate surface area is 117 Å². The number of nitrogens with zero attached hydrogens (tertiary/aromatic N) is 2. The highest BCUT2D eigenvalue weighted by Crippen LogP contribution is 2.12. The SMILES string of the molecule is Cc1cccc(NC(=O)CN2CCCCC(O)C2=O)n1. The number of carbonyl (C=O) groups is 2. The molecule has 6 nitrogen and oxygen atoms in total. The largest absolute Gasteiger partial charge is 0.383 e. The number of aliphatic hydroxyl groups excluding tert-OH is 1. The van der Waals surface area contributed by atoms with Crippen LogP contribution in [0, 0.1) is 6.92 Å². The molecule has 2 heterocycles. The van der Waals surface area contributed by atoms with E-state index in [2.05, 4.69) is 10.3 Å². The van der Waals surface area contributed by atoms with Crippen LogP contribution in [0.1, 0.15) is 25.0 Å². The molecule has 1 aliphatic rings. The molecule has 1 aromatic rings. The van der Waals surface area contributed by atoms with Gasteiger partial charge in [0.1, 0.15) is 11.9 Å². The van der Waals surface area contributed by atoms with E-state index in [1.54, 1.807) is 12.1 Å². The van der Waals surface area contributed by atoms with E-state index in [-0.39, 0.29) is 18.4 Å². The Balaban J connectivity index is 1.95. The molecule has 2 N–H and O–H groups in total. The molecule has 0 spiro atoms. The van der Waals surface area contributed by atoms with Crippen LogP contribution in [-0.4, -0.2) is 46.0 Å². The standard InChI is InChI=1S/C14H19N3O3/c1-10-5-4-7-12(15-10)16-13(19)9-17-8-3-2-6-11(18)14(17)20/h4-5,7,11,18H,2-3,6,8-9H2,1H3,(H,15,16,19). The first kappa shape index (κ1) is 14.5. The van der Waals surface area contributed by atoms with Crippen LogP contribution >= 0.6 is 0 Å². The van der Waals surface area contributed by atoms with Crippen LogP contribution in [0.4, 0.5) is 5.82 Å². The summed E-state index contributed by atoms with van der Waals surface area (Å²) in [5, 5.41) is 12.3. The van der Waals surface area contributed by atoms with E-state index >= 15 is 0 Å². The molecule has 2 amide bonds. The lowest BCUT2D eigenvalue weighted by atomic mass is 10.2. The van der Waals surface area contributed by atoms with E-state index in [1.807, 2.05) is 13.0 Å². The Hall–Kier alpha value is -1.95. The summed E-state index contributed by atoms with van der Waals surface area (Å²) in [4.78, 5) is 29.4. The number of rotatable bonds is 3. The molecule has 1 fully saturated rings. The van der Waals surface area contributed by atoms with E-state index < -0.39 is 6.10 Å². The van der Waals surface area contributed by atoms with Gasteiger partial charge in [0, 0.05) is 12.2 Å². The minimum Gasteiger partial charge on any atom is -0.383 e. The number of pyridine rings is 1. The third kappa shape index (κ3) is 3.77. The van der Waals surface area contributed by atoms with Gasteiger partial charge in [0.25, 0.3) is 5.91 Å². The lowest BCUT2D eigenvalue weighted by Crippen LogP contribution is -2.42. The maximum Gasteiger partial charge on any atom is 0.251 e. The van der Waals surface area contributed by atoms with Gasteiger partial charge < -0.3 is 15.3 Å². The van der Waals surface area contributed by atoms with Gasteiger partial charge in [-0.2, -0.15) is 0 Å². The summed E-state index contributed by atoms with van der Waals surface area (Å²) < 4.78 is 0. The summed E-state index contributed by atoms with van der Waals surface area (Å²) >= 11 is 0. The van der Waals surface area contributed by atoms with Crippen molar-refractivity contribution in [1.29, 1.82) is 0 Å². The monoisotopic (exact) mass is 277 g/mol. The predicted molar refractivity (Wildman–Crippen MR) is 74.0 cm³/mol. The smallest absolute Gasteiger partial charge is 0.251 e. The van der Waals surface area contributed by atoms with Gasteiger partial charge in [0.15, 0.2) is 0 Å². The third-order valence-corrected chi connectivity index (χ3v) is 3.24. The van der Waals surface area contributed by atoms with E-state index in [0.717, 1.165) is 18.5 Å². The van der Waals surface area contributed by atoms with Crippen molar-refractivity contribution in [1.82, 2.24) is 9.88 Å². The molecule has 1 saturated heterocycles. The lowest BCUT2D eigenvalue weighted by Gasteiger charge is -2.21. The summed E-state index contributed by atoms with van der Waals surface area (Å²) in [6.07, 6.45) is 1.09. The van der Waals surface area contributed by atoms with Gasteiger partial charge in [0.2, 0.25) is 5.91 Å². The molecule has 0 saturated carbocycles. The minimum atomic E-state index is -0.984. The van der Waals surface area contributed by atoms with Gasteiger partial charge in [-0.25, -0.2) is 4.98 Å². The number of hydrogen-bond donors (Lipinski definition) is 2. The van der Waals surface area contributed by atoms with Crippen molar-refractivity contribution in [3.8, 4) is 0 Å². The summed E-state index contributed by atoms with van der Waals surface area (Å²) in [6.45, 7) is 2.29. The van der Waals surface area contributed by atoms with E-state index in [9.17, 15) is 14.7 Å². The fourth-order valence-corrected chi connectivity index (χ4v) is 2.21.